The minimum Gasteiger partial charge on any atom is -0.491 e. The van der Waals surface area contributed by atoms with Crippen LogP contribution in [0.25, 0.3) is 0 Å². The molecule has 29 heavy (non-hydrogen) atoms. The smallest absolute Gasteiger partial charge is 0.321 e. The van der Waals surface area contributed by atoms with E-state index in [1.165, 1.54) is 5.56 Å². The summed E-state index contributed by atoms with van der Waals surface area (Å²) < 4.78 is 5.77. The lowest BCUT2D eigenvalue weighted by Gasteiger charge is -2.32. The van der Waals surface area contributed by atoms with Gasteiger partial charge in [0.05, 0.1) is 12.5 Å². The number of piperidine rings is 1. The highest BCUT2D eigenvalue weighted by Crippen LogP contribution is 2.19. The molecule has 0 radical (unpaired) electrons. The highest BCUT2D eigenvalue weighted by molar-refractivity contribution is 5.90. The Kier molecular flexibility index (Phi) is 7.11. The van der Waals surface area contributed by atoms with Gasteiger partial charge in [0.1, 0.15) is 12.4 Å². The molecule has 0 aromatic heterocycles. The fourth-order valence-corrected chi connectivity index (χ4v) is 3.54. The van der Waals surface area contributed by atoms with Gasteiger partial charge in [-0.25, -0.2) is 4.79 Å². The summed E-state index contributed by atoms with van der Waals surface area (Å²) in [6, 6.07) is 15.2. The predicted octanol–water partition coefficient (Wildman–Crippen LogP) is 3.74. The number of nitrogens with one attached hydrogen (secondary N) is 2. The maximum absolute atomic E-state index is 12.5. The van der Waals surface area contributed by atoms with Crippen molar-refractivity contribution in [3.05, 3.63) is 59.7 Å². The number of nitrogens with zero attached hydrogens (tertiary/aromatic N) is 1. The first-order valence-electron chi connectivity index (χ1n) is 10.1. The zero-order valence-corrected chi connectivity index (χ0v) is 17.1. The molecule has 1 fully saturated rings. The Morgan fingerprint density at radius 1 is 1.14 bits per heavy atom. The summed E-state index contributed by atoms with van der Waals surface area (Å²) in [7, 11) is 0. The van der Waals surface area contributed by atoms with Crippen LogP contribution in [0, 0.1) is 19.8 Å². The SMILES string of the molecule is Cc1ccc(OCCNC(=O)[C@@H]2CCCN(C(=O)Nc3ccccc3)C2)c(C)c1. The highest BCUT2D eigenvalue weighted by atomic mass is 16.5. The Balaban J connectivity index is 1.42. The molecule has 0 spiro atoms. The largest absolute Gasteiger partial charge is 0.491 e. The zero-order valence-electron chi connectivity index (χ0n) is 17.1. The average Bonchev–Trinajstić information content (AvgIpc) is 2.73. The summed E-state index contributed by atoms with van der Waals surface area (Å²) in [5, 5.41) is 5.83. The lowest BCUT2D eigenvalue weighted by atomic mass is 9.97. The number of hydrogen-bond donors (Lipinski definition) is 2. The molecule has 2 N–H and O–H groups in total. The quantitative estimate of drug-likeness (QED) is 0.732. The van der Waals surface area contributed by atoms with E-state index in [9.17, 15) is 9.59 Å². The van der Waals surface area contributed by atoms with Crippen molar-refractivity contribution in [2.24, 2.45) is 5.92 Å². The van der Waals surface area contributed by atoms with Gasteiger partial charge in [-0.2, -0.15) is 0 Å². The molecule has 1 atom stereocenters. The Bertz CT molecular complexity index is 839. The Hall–Kier alpha value is -3.02. The molecule has 1 saturated heterocycles. The van der Waals surface area contributed by atoms with E-state index in [4.69, 9.17) is 4.74 Å². The molecule has 0 bridgehead atoms. The van der Waals surface area contributed by atoms with Crippen LogP contribution in [0.2, 0.25) is 0 Å². The Labute approximate surface area is 172 Å². The van der Waals surface area contributed by atoms with Gasteiger partial charge in [-0.1, -0.05) is 35.9 Å². The van der Waals surface area contributed by atoms with Crippen molar-refractivity contribution in [3.63, 3.8) is 0 Å². The number of carbonyl (C=O) groups is 2. The normalized spacial score (nSPS) is 16.2. The van der Waals surface area contributed by atoms with Crippen molar-refractivity contribution < 1.29 is 14.3 Å². The van der Waals surface area contributed by atoms with E-state index in [1.807, 2.05) is 56.3 Å². The minimum absolute atomic E-state index is 0.0218. The van der Waals surface area contributed by atoms with Crippen LogP contribution in [0.15, 0.2) is 48.5 Å². The minimum atomic E-state index is -0.189. The maximum Gasteiger partial charge on any atom is 0.321 e. The van der Waals surface area contributed by atoms with Gasteiger partial charge in [0.15, 0.2) is 0 Å². The number of rotatable bonds is 6. The van der Waals surface area contributed by atoms with Gasteiger partial charge in [-0.15, -0.1) is 0 Å². The zero-order chi connectivity index (χ0) is 20.6. The van der Waals surface area contributed by atoms with Crippen LogP contribution in [0.3, 0.4) is 0 Å². The monoisotopic (exact) mass is 395 g/mol. The summed E-state index contributed by atoms with van der Waals surface area (Å²) in [5.41, 5.74) is 3.04. The molecule has 3 rings (SSSR count). The number of likely N-dealkylation sites (tertiary alicyclic amines) is 1. The van der Waals surface area contributed by atoms with Gasteiger partial charge in [-0.3, -0.25) is 4.79 Å². The predicted molar refractivity (Wildman–Crippen MR) is 114 cm³/mol. The molecule has 3 amide bonds. The lowest BCUT2D eigenvalue weighted by molar-refractivity contribution is -0.126. The molecule has 0 aliphatic carbocycles. The molecule has 6 heteroatoms. The van der Waals surface area contributed by atoms with Gasteiger partial charge < -0.3 is 20.3 Å². The van der Waals surface area contributed by atoms with E-state index in [-0.39, 0.29) is 17.9 Å². The summed E-state index contributed by atoms with van der Waals surface area (Å²) in [6.07, 6.45) is 1.61. The number of urea groups is 1. The molecule has 154 valence electrons. The molecule has 0 saturated carbocycles. The highest BCUT2D eigenvalue weighted by Gasteiger charge is 2.28. The molecule has 1 heterocycles. The van der Waals surface area contributed by atoms with E-state index >= 15 is 0 Å². The first kappa shape index (κ1) is 20.7. The van der Waals surface area contributed by atoms with Crippen molar-refractivity contribution in [2.75, 3.05) is 31.6 Å². The van der Waals surface area contributed by atoms with E-state index in [1.54, 1.807) is 4.90 Å². The van der Waals surface area contributed by atoms with Crippen molar-refractivity contribution in [2.45, 2.75) is 26.7 Å². The topological polar surface area (TPSA) is 70.7 Å². The second-order valence-corrected chi connectivity index (χ2v) is 7.49. The number of anilines is 1. The molecule has 1 aliphatic rings. The van der Waals surface area contributed by atoms with Crippen LogP contribution < -0.4 is 15.4 Å². The summed E-state index contributed by atoms with van der Waals surface area (Å²) in [5.74, 6) is 0.629. The Morgan fingerprint density at radius 2 is 1.93 bits per heavy atom. The van der Waals surface area contributed by atoms with E-state index < -0.39 is 0 Å². The van der Waals surface area contributed by atoms with Crippen LogP contribution in [0.5, 0.6) is 5.75 Å². The standard InChI is InChI=1S/C23H29N3O3/c1-17-10-11-21(18(2)15-17)29-14-12-24-22(27)19-7-6-13-26(16-19)23(28)25-20-8-4-3-5-9-20/h3-5,8-11,15,19H,6-7,12-14,16H2,1-2H3,(H,24,27)(H,25,28)/t19-/m1/s1. The molecular weight excluding hydrogens is 366 g/mol. The van der Waals surface area contributed by atoms with Gasteiger partial charge in [-0.05, 0) is 50.5 Å². The van der Waals surface area contributed by atoms with Crippen LogP contribution in [0.1, 0.15) is 24.0 Å². The first-order valence-corrected chi connectivity index (χ1v) is 10.1. The summed E-state index contributed by atoms with van der Waals surface area (Å²) in [4.78, 5) is 26.7. The van der Waals surface area contributed by atoms with E-state index in [0.717, 1.165) is 29.8 Å². The van der Waals surface area contributed by atoms with E-state index in [0.29, 0.717) is 26.2 Å². The van der Waals surface area contributed by atoms with Crippen molar-refractivity contribution in [1.29, 1.82) is 0 Å². The number of carbonyl (C=O) groups excluding carboxylic acids is 2. The molecular formula is C23H29N3O3. The van der Waals surface area contributed by atoms with Crippen molar-refractivity contribution >= 4 is 17.6 Å². The number of amides is 3. The van der Waals surface area contributed by atoms with Crippen LogP contribution in [-0.2, 0) is 4.79 Å². The van der Waals surface area contributed by atoms with Crippen LogP contribution >= 0.6 is 0 Å². The van der Waals surface area contributed by atoms with Crippen LogP contribution in [-0.4, -0.2) is 43.1 Å². The summed E-state index contributed by atoms with van der Waals surface area (Å²) in [6.45, 7) is 6.02. The number of benzene rings is 2. The van der Waals surface area contributed by atoms with E-state index in [2.05, 4.69) is 16.7 Å². The molecule has 1 aliphatic heterocycles. The second kappa shape index (κ2) is 9.96. The molecule has 2 aromatic rings. The Morgan fingerprint density at radius 3 is 2.69 bits per heavy atom. The van der Waals surface area contributed by atoms with Gasteiger partial charge in [0.25, 0.3) is 0 Å². The van der Waals surface area contributed by atoms with Gasteiger partial charge in [0, 0.05) is 18.8 Å². The van der Waals surface area contributed by atoms with Crippen molar-refractivity contribution in [1.82, 2.24) is 10.2 Å². The fraction of sp³-hybridized carbons (Fsp3) is 0.391. The molecule has 6 nitrogen and oxygen atoms in total. The third-order valence-electron chi connectivity index (χ3n) is 5.09. The third-order valence-corrected chi connectivity index (χ3v) is 5.09. The number of hydrogen-bond acceptors (Lipinski definition) is 3. The second-order valence-electron chi connectivity index (χ2n) is 7.49. The maximum atomic E-state index is 12.5. The van der Waals surface area contributed by atoms with Crippen molar-refractivity contribution in [3.8, 4) is 5.75 Å². The third kappa shape index (κ3) is 5.98. The summed E-state index contributed by atoms with van der Waals surface area (Å²) >= 11 is 0. The average molecular weight is 396 g/mol. The molecule has 2 aromatic carbocycles. The first-order chi connectivity index (χ1) is 14.0. The van der Waals surface area contributed by atoms with Gasteiger partial charge in [0.2, 0.25) is 5.91 Å². The number of ether oxygens (including phenoxy) is 1. The molecule has 0 unspecified atom stereocenters. The number of aryl methyl sites for hydroxylation is 2. The van der Waals surface area contributed by atoms with Gasteiger partial charge >= 0.3 is 6.03 Å². The number of para-hydroxylation sites is 1. The van der Waals surface area contributed by atoms with Crippen LogP contribution in [0.4, 0.5) is 10.5 Å². The fourth-order valence-electron chi connectivity index (χ4n) is 3.54. The lowest BCUT2D eigenvalue weighted by Crippen LogP contribution is -2.47.